The van der Waals surface area contributed by atoms with E-state index in [1.807, 2.05) is 37.3 Å². The average molecular weight is 597 g/mol. The van der Waals surface area contributed by atoms with Crippen LogP contribution in [0, 0.1) is 19.3 Å². The van der Waals surface area contributed by atoms with Crippen LogP contribution >= 0.6 is 0 Å². The number of allylic oxidation sites excluding steroid dienone is 4. The predicted molar refractivity (Wildman–Crippen MR) is 196 cm³/mol. The highest BCUT2D eigenvalue weighted by Crippen LogP contribution is 2.30. The van der Waals surface area contributed by atoms with Crippen molar-refractivity contribution < 1.29 is 0 Å². The van der Waals surface area contributed by atoms with Crippen molar-refractivity contribution in [3.8, 4) is 18.0 Å². The number of hydrogen-bond acceptors (Lipinski definition) is 1. The zero-order valence-corrected chi connectivity index (χ0v) is 26.3. The topological polar surface area (TPSA) is 34.6 Å². The van der Waals surface area contributed by atoms with Crippen LogP contribution in [-0.4, -0.2) is 20.8 Å². The molecule has 0 radical (unpaired) electrons. The molecule has 5 aromatic rings. The van der Waals surface area contributed by atoms with E-state index in [0.29, 0.717) is 11.7 Å². The summed E-state index contributed by atoms with van der Waals surface area (Å²) in [7, 11) is 0. The van der Waals surface area contributed by atoms with E-state index in [2.05, 4.69) is 132 Å². The van der Waals surface area contributed by atoms with Gasteiger partial charge in [-0.2, -0.15) is 0 Å². The molecule has 4 nitrogen and oxygen atoms in total. The van der Waals surface area contributed by atoms with Gasteiger partial charge in [0.15, 0.2) is 0 Å². The minimum Gasteiger partial charge on any atom is -0.308 e. The van der Waals surface area contributed by atoms with E-state index < -0.39 is 0 Å². The molecule has 0 spiro atoms. The van der Waals surface area contributed by atoms with Crippen LogP contribution in [0.2, 0.25) is 0 Å². The molecule has 0 bridgehead atoms. The molecule has 1 aliphatic rings. The van der Waals surface area contributed by atoms with E-state index in [1.54, 1.807) is 6.08 Å². The number of benzene rings is 4. The van der Waals surface area contributed by atoms with Gasteiger partial charge in [0.25, 0.3) is 0 Å². The maximum absolute atomic E-state index is 5.76. The normalized spacial score (nSPS) is 13.5. The monoisotopic (exact) mass is 596 g/mol. The Hall–Kier alpha value is -5.92. The number of fused-ring (bicyclic) bond motifs is 2. The Morgan fingerprint density at radius 2 is 1.46 bits per heavy atom. The molecule has 224 valence electrons. The fourth-order valence-electron chi connectivity index (χ4n) is 5.82. The van der Waals surface area contributed by atoms with E-state index in [1.165, 1.54) is 0 Å². The van der Waals surface area contributed by atoms with Crippen molar-refractivity contribution in [2.75, 3.05) is 0 Å². The highest BCUT2D eigenvalue weighted by molar-refractivity contribution is 6.10. The summed E-state index contributed by atoms with van der Waals surface area (Å²) < 4.78 is 4.42. The molecule has 0 aliphatic heterocycles. The number of nitrogens with zero attached hydrogens (tertiary/aromatic N) is 4. The predicted octanol–water partition coefficient (Wildman–Crippen LogP) is 10.2. The molecule has 4 aromatic carbocycles. The third-order valence-electron chi connectivity index (χ3n) is 8.11. The van der Waals surface area contributed by atoms with Gasteiger partial charge in [-0.15, -0.1) is 6.42 Å². The Labute approximate surface area is 271 Å². The molecule has 1 aromatic heterocycles. The fourth-order valence-corrected chi connectivity index (χ4v) is 5.82. The van der Waals surface area contributed by atoms with E-state index in [0.717, 1.165) is 68.6 Å². The molecule has 1 heterocycles. The van der Waals surface area contributed by atoms with Crippen LogP contribution in [0.1, 0.15) is 36.6 Å². The Kier molecular flexibility index (Phi) is 9.04. The quantitative estimate of drug-likeness (QED) is 0.110. The van der Waals surface area contributed by atoms with Crippen molar-refractivity contribution in [2.24, 2.45) is 9.98 Å². The summed E-state index contributed by atoms with van der Waals surface area (Å²) in [5.41, 5.74) is 9.43. The van der Waals surface area contributed by atoms with Crippen molar-refractivity contribution in [2.45, 2.75) is 26.7 Å². The first kappa shape index (κ1) is 30.1. The zero-order valence-electron chi connectivity index (χ0n) is 26.3. The lowest BCUT2D eigenvalue weighted by atomic mass is 10.1. The molecule has 1 aliphatic carbocycles. The molecular weight excluding hydrogens is 560 g/mol. The van der Waals surface area contributed by atoms with E-state index in [9.17, 15) is 0 Å². The Morgan fingerprint density at radius 1 is 0.804 bits per heavy atom. The maximum atomic E-state index is 5.76. The van der Waals surface area contributed by atoms with Crippen LogP contribution in [0.15, 0.2) is 161 Å². The summed E-state index contributed by atoms with van der Waals surface area (Å²) >= 11 is 0. The van der Waals surface area contributed by atoms with Crippen LogP contribution in [-0.2, 0) is 0 Å². The standard InChI is InChI=1S/C42H36N4/c1-5-6-27-38-31(2)37-26-16-17-28-39(37)46(41-30-19-18-29-40(41)45(38)36-24-14-9-15-25-36)42(43-32(3)34-20-10-7-11-21-34)44-33(4)35-22-12-8-13-23-35/h1,6,8-10,12-30H,3,7,11H2,2,4H3/b27-6-,38-31?,43-42?,44-33+. The summed E-state index contributed by atoms with van der Waals surface area (Å²) in [6, 6.07) is 37.3. The summed E-state index contributed by atoms with van der Waals surface area (Å²) in [5, 5.41) is 1.04. The van der Waals surface area contributed by atoms with Crippen LogP contribution in [0.25, 0.3) is 33.7 Å². The number of para-hydroxylation sites is 4. The molecule has 4 heteroatoms. The Bertz CT molecular complexity index is 2170. The highest BCUT2D eigenvalue weighted by atomic mass is 15.2. The second kappa shape index (κ2) is 13.8. The van der Waals surface area contributed by atoms with Crippen LogP contribution in [0.5, 0.6) is 0 Å². The minimum absolute atomic E-state index is 0.523. The lowest BCUT2D eigenvalue weighted by Gasteiger charge is -2.21. The SMILES string of the molecule is C#C/C=C\c1c(C)c2ccccc2n(C(=NC(=C)C2=CCCC=C2)/N=C(\C)c2ccccc2)c2ccccc2n1-c1ccccc1. The molecular formula is C42H36N4. The van der Waals surface area contributed by atoms with Gasteiger partial charge in [0.2, 0.25) is 5.96 Å². The summed E-state index contributed by atoms with van der Waals surface area (Å²) in [5.74, 6) is 3.22. The third kappa shape index (κ3) is 6.18. The zero-order chi connectivity index (χ0) is 31.9. The van der Waals surface area contributed by atoms with E-state index in [4.69, 9.17) is 16.4 Å². The largest absolute Gasteiger partial charge is 0.308 e. The summed E-state index contributed by atoms with van der Waals surface area (Å²) in [6.07, 6.45) is 18.0. The van der Waals surface area contributed by atoms with Gasteiger partial charge in [-0.3, -0.25) is 4.57 Å². The number of terminal acetylenes is 1. The van der Waals surface area contributed by atoms with Crippen molar-refractivity contribution >= 4 is 39.7 Å². The number of aryl methyl sites for hydroxylation is 1. The van der Waals surface area contributed by atoms with Crippen LogP contribution < -0.4 is 0 Å². The molecule has 46 heavy (non-hydrogen) atoms. The van der Waals surface area contributed by atoms with E-state index in [-0.39, 0.29) is 0 Å². The van der Waals surface area contributed by atoms with Crippen molar-refractivity contribution in [1.29, 1.82) is 0 Å². The summed E-state index contributed by atoms with van der Waals surface area (Å²) in [6.45, 7) is 8.59. The smallest absolute Gasteiger partial charge is 0.235 e. The Morgan fingerprint density at radius 3 is 2.15 bits per heavy atom. The average Bonchev–Trinajstić information content (AvgIpc) is 3.11. The molecule has 0 atom stereocenters. The molecule has 0 unspecified atom stereocenters. The van der Waals surface area contributed by atoms with Gasteiger partial charge in [0.1, 0.15) is 0 Å². The van der Waals surface area contributed by atoms with Crippen molar-refractivity contribution in [3.05, 3.63) is 168 Å². The van der Waals surface area contributed by atoms with Gasteiger partial charge in [0, 0.05) is 16.8 Å². The lowest BCUT2D eigenvalue weighted by molar-refractivity contribution is 1.01. The molecule has 0 saturated carbocycles. The molecule has 0 saturated heterocycles. The fraction of sp³-hybridized carbons (Fsp3) is 0.0952. The summed E-state index contributed by atoms with van der Waals surface area (Å²) in [4.78, 5) is 10.5. The van der Waals surface area contributed by atoms with Gasteiger partial charge in [-0.1, -0.05) is 110 Å². The lowest BCUT2D eigenvalue weighted by Crippen LogP contribution is -2.16. The highest BCUT2D eigenvalue weighted by Gasteiger charge is 2.17. The maximum Gasteiger partial charge on any atom is 0.235 e. The van der Waals surface area contributed by atoms with Crippen molar-refractivity contribution in [1.82, 2.24) is 9.13 Å². The van der Waals surface area contributed by atoms with Gasteiger partial charge in [-0.05, 0) is 85.9 Å². The van der Waals surface area contributed by atoms with Crippen LogP contribution in [0.3, 0.4) is 0 Å². The molecule has 0 fully saturated rings. The van der Waals surface area contributed by atoms with Gasteiger partial charge < -0.3 is 4.57 Å². The minimum atomic E-state index is 0.523. The number of hydrogen-bond donors (Lipinski definition) is 0. The van der Waals surface area contributed by atoms with E-state index >= 15 is 0 Å². The second-order valence-electron chi connectivity index (χ2n) is 11.1. The van der Waals surface area contributed by atoms with Gasteiger partial charge in [-0.25, -0.2) is 9.98 Å². The molecule has 6 rings (SSSR count). The molecule has 0 amide bonds. The number of rotatable bonds is 5. The van der Waals surface area contributed by atoms with Gasteiger partial charge in [0.05, 0.1) is 27.9 Å². The first-order valence-corrected chi connectivity index (χ1v) is 15.5. The number of aromatic nitrogens is 2. The first-order valence-electron chi connectivity index (χ1n) is 15.5. The number of aliphatic imine (C=N–C) groups is 2. The van der Waals surface area contributed by atoms with Crippen LogP contribution in [0.4, 0.5) is 0 Å². The first-order chi connectivity index (χ1) is 22.6. The second-order valence-corrected chi connectivity index (χ2v) is 11.1. The van der Waals surface area contributed by atoms with Gasteiger partial charge >= 0.3 is 0 Å². The Balaban J connectivity index is 1.82. The third-order valence-corrected chi connectivity index (χ3v) is 8.11. The van der Waals surface area contributed by atoms with Crippen molar-refractivity contribution in [3.63, 3.8) is 0 Å². The molecule has 0 N–H and O–H groups in total.